The maximum Gasteiger partial charge on any atom is 0.323 e. The van der Waals surface area contributed by atoms with Crippen LogP contribution in [0, 0.1) is 0 Å². The third-order valence-electron chi connectivity index (χ3n) is 5.20. The molecule has 6 heteroatoms. The van der Waals surface area contributed by atoms with Crippen molar-refractivity contribution in [3.63, 3.8) is 0 Å². The number of carbonyl (C=O) groups excluding carboxylic acids is 1. The number of nitrogens with zero attached hydrogens (tertiary/aromatic N) is 1. The van der Waals surface area contributed by atoms with Gasteiger partial charge in [-0.25, -0.2) is 4.79 Å². The van der Waals surface area contributed by atoms with E-state index >= 15 is 0 Å². The molecule has 0 heterocycles. The maximum atomic E-state index is 12.3. The minimum atomic E-state index is -0.260. The second-order valence-corrected chi connectivity index (χ2v) is 7.55. The summed E-state index contributed by atoms with van der Waals surface area (Å²) in [5.41, 5.74) is 2.63. The van der Waals surface area contributed by atoms with Gasteiger partial charge in [0, 0.05) is 30.7 Å². The topological polar surface area (TPSA) is 65.6 Å². The van der Waals surface area contributed by atoms with E-state index in [9.17, 15) is 4.79 Å². The number of benzene rings is 2. The van der Waals surface area contributed by atoms with E-state index in [0.717, 1.165) is 55.2 Å². The fourth-order valence-corrected chi connectivity index (χ4v) is 3.53. The minimum absolute atomic E-state index is 0.260. The number of nitrogens with one attached hydrogen (secondary N) is 3. The smallest absolute Gasteiger partial charge is 0.323 e. The Bertz CT molecular complexity index is 755. The first-order valence-electron chi connectivity index (χ1n) is 10.4. The number of ether oxygens (including phenoxy) is 1. The highest BCUT2D eigenvalue weighted by Gasteiger charge is 2.16. The second kappa shape index (κ2) is 10.7. The van der Waals surface area contributed by atoms with Gasteiger partial charge in [0.25, 0.3) is 0 Å². The third kappa shape index (κ3) is 6.68. The van der Waals surface area contributed by atoms with Gasteiger partial charge in [-0.3, -0.25) is 0 Å². The molecule has 1 aliphatic rings. The van der Waals surface area contributed by atoms with Gasteiger partial charge in [-0.05, 0) is 94.2 Å². The predicted molar refractivity (Wildman–Crippen MR) is 120 cm³/mol. The van der Waals surface area contributed by atoms with E-state index in [4.69, 9.17) is 4.74 Å². The summed E-state index contributed by atoms with van der Waals surface area (Å²) in [6.07, 6.45) is 6.18. The van der Waals surface area contributed by atoms with Crippen LogP contribution < -0.4 is 25.6 Å². The molecule has 0 saturated heterocycles. The molecule has 1 aliphatic carbocycles. The van der Waals surface area contributed by atoms with Gasteiger partial charge in [0.15, 0.2) is 0 Å². The lowest BCUT2D eigenvalue weighted by atomic mass is 10.2. The fraction of sp³-hybridized carbons (Fsp3) is 0.435. The molecule has 3 rings (SSSR count). The van der Waals surface area contributed by atoms with E-state index in [2.05, 4.69) is 27.9 Å². The molecular weight excluding hydrogens is 364 g/mol. The highest BCUT2D eigenvalue weighted by Crippen LogP contribution is 2.25. The Morgan fingerprint density at radius 2 is 1.59 bits per heavy atom. The van der Waals surface area contributed by atoms with Crippen molar-refractivity contribution in [2.75, 3.05) is 42.7 Å². The van der Waals surface area contributed by atoms with E-state index in [1.54, 1.807) is 0 Å². The molecule has 0 bridgehead atoms. The molecule has 0 radical (unpaired) electrons. The molecule has 6 nitrogen and oxygen atoms in total. The number of hydrogen-bond donors (Lipinski definition) is 3. The number of rotatable bonds is 9. The van der Waals surface area contributed by atoms with E-state index < -0.39 is 0 Å². The normalized spacial score (nSPS) is 13.9. The Kier molecular flexibility index (Phi) is 7.76. The van der Waals surface area contributed by atoms with Crippen molar-refractivity contribution in [3.8, 4) is 5.75 Å². The van der Waals surface area contributed by atoms with Crippen LogP contribution in [0.4, 0.5) is 21.9 Å². The van der Waals surface area contributed by atoms with Crippen molar-refractivity contribution in [2.45, 2.75) is 38.2 Å². The zero-order valence-electron chi connectivity index (χ0n) is 17.4. The van der Waals surface area contributed by atoms with Gasteiger partial charge in [0.05, 0.1) is 6.10 Å². The quantitative estimate of drug-likeness (QED) is 0.538. The Labute approximate surface area is 173 Å². The Morgan fingerprint density at radius 1 is 1.00 bits per heavy atom. The molecule has 1 saturated carbocycles. The fourth-order valence-electron chi connectivity index (χ4n) is 3.53. The van der Waals surface area contributed by atoms with Crippen molar-refractivity contribution in [3.05, 3.63) is 48.5 Å². The van der Waals surface area contributed by atoms with Crippen LogP contribution >= 0.6 is 0 Å². The van der Waals surface area contributed by atoms with Crippen LogP contribution in [0.15, 0.2) is 48.5 Å². The van der Waals surface area contributed by atoms with Crippen molar-refractivity contribution in [2.24, 2.45) is 0 Å². The van der Waals surface area contributed by atoms with Crippen molar-refractivity contribution >= 4 is 23.1 Å². The average molecular weight is 397 g/mol. The van der Waals surface area contributed by atoms with Gasteiger partial charge in [0.2, 0.25) is 0 Å². The first-order chi connectivity index (χ1) is 14.1. The van der Waals surface area contributed by atoms with Gasteiger partial charge in [-0.1, -0.05) is 0 Å². The summed E-state index contributed by atoms with van der Waals surface area (Å²) in [6.45, 7) is 1.98. The molecule has 0 atom stereocenters. The summed E-state index contributed by atoms with van der Waals surface area (Å²) < 4.78 is 5.96. The van der Waals surface area contributed by atoms with E-state index in [1.165, 1.54) is 12.8 Å². The molecular formula is C23H32N4O2. The van der Waals surface area contributed by atoms with Crippen LogP contribution in [0.3, 0.4) is 0 Å². The highest BCUT2D eigenvalue weighted by atomic mass is 16.5. The SMILES string of the molecule is CNCCCN(C)c1ccc(NC(=O)Nc2ccc(OC3CCCC3)cc2)cc1. The van der Waals surface area contributed by atoms with Crippen LogP contribution in [0.1, 0.15) is 32.1 Å². The number of urea groups is 1. The molecule has 29 heavy (non-hydrogen) atoms. The highest BCUT2D eigenvalue weighted by molar-refractivity contribution is 5.99. The second-order valence-electron chi connectivity index (χ2n) is 7.55. The lowest BCUT2D eigenvalue weighted by Gasteiger charge is -2.19. The Morgan fingerprint density at radius 3 is 2.17 bits per heavy atom. The van der Waals surface area contributed by atoms with Crippen molar-refractivity contribution in [1.82, 2.24) is 5.32 Å². The summed E-state index contributed by atoms with van der Waals surface area (Å²) in [5, 5.41) is 8.89. The standard InChI is InChI=1S/C23H32N4O2/c1-24-16-5-17-27(2)20-12-8-18(9-13-20)25-23(28)26-19-10-14-22(15-11-19)29-21-6-3-4-7-21/h8-15,21,24H,3-7,16-17H2,1-2H3,(H2,25,26,28). The summed E-state index contributed by atoms with van der Waals surface area (Å²) in [5.74, 6) is 0.859. The molecule has 0 spiro atoms. The summed E-state index contributed by atoms with van der Waals surface area (Å²) in [6, 6.07) is 15.2. The van der Waals surface area contributed by atoms with Crippen LogP contribution in [0.25, 0.3) is 0 Å². The lowest BCUT2D eigenvalue weighted by molar-refractivity contribution is 0.210. The minimum Gasteiger partial charge on any atom is -0.490 e. The van der Waals surface area contributed by atoms with Gasteiger partial charge in [0.1, 0.15) is 5.75 Å². The Balaban J connectivity index is 1.46. The molecule has 2 aromatic rings. The number of hydrogen-bond acceptors (Lipinski definition) is 4. The third-order valence-corrected chi connectivity index (χ3v) is 5.20. The maximum absolute atomic E-state index is 12.3. The number of anilines is 3. The van der Waals surface area contributed by atoms with Gasteiger partial charge in [-0.2, -0.15) is 0 Å². The molecule has 0 aliphatic heterocycles. The zero-order valence-corrected chi connectivity index (χ0v) is 17.4. The first-order valence-corrected chi connectivity index (χ1v) is 10.4. The molecule has 1 fully saturated rings. The van der Waals surface area contributed by atoms with Crippen LogP contribution in [0.2, 0.25) is 0 Å². The molecule has 156 valence electrons. The van der Waals surface area contributed by atoms with E-state index in [1.807, 2.05) is 55.6 Å². The van der Waals surface area contributed by atoms with Crippen LogP contribution in [-0.2, 0) is 0 Å². The average Bonchev–Trinajstić information content (AvgIpc) is 3.23. The van der Waals surface area contributed by atoms with Crippen molar-refractivity contribution in [1.29, 1.82) is 0 Å². The Hall–Kier alpha value is -2.73. The first kappa shape index (κ1) is 21.0. The predicted octanol–water partition coefficient (Wildman–Crippen LogP) is 4.70. The van der Waals surface area contributed by atoms with Gasteiger partial charge in [-0.15, -0.1) is 0 Å². The zero-order chi connectivity index (χ0) is 20.5. The van der Waals surface area contributed by atoms with Crippen LogP contribution in [0.5, 0.6) is 5.75 Å². The van der Waals surface area contributed by atoms with E-state index in [-0.39, 0.29) is 6.03 Å². The van der Waals surface area contributed by atoms with Crippen molar-refractivity contribution < 1.29 is 9.53 Å². The van der Waals surface area contributed by atoms with Gasteiger partial charge < -0.3 is 25.6 Å². The summed E-state index contributed by atoms with van der Waals surface area (Å²) in [7, 11) is 4.04. The molecule has 2 aromatic carbocycles. The van der Waals surface area contributed by atoms with Gasteiger partial charge >= 0.3 is 6.03 Å². The van der Waals surface area contributed by atoms with E-state index in [0.29, 0.717) is 6.10 Å². The molecule has 2 amide bonds. The van der Waals surface area contributed by atoms with Crippen LogP contribution in [-0.4, -0.2) is 39.3 Å². The number of amides is 2. The summed E-state index contributed by atoms with van der Waals surface area (Å²) in [4.78, 5) is 14.5. The lowest BCUT2D eigenvalue weighted by Crippen LogP contribution is -2.22. The largest absolute Gasteiger partial charge is 0.490 e. The molecule has 3 N–H and O–H groups in total. The molecule has 0 unspecified atom stereocenters. The summed E-state index contributed by atoms with van der Waals surface area (Å²) >= 11 is 0. The number of carbonyl (C=O) groups is 1. The monoisotopic (exact) mass is 396 g/mol. The molecule has 0 aromatic heterocycles.